The molecule has 0 unspecified atom stereocenters. The number of carbonyl (C=O) groups excluding carboxylic acids is 1. The summed E-state index contributed by atoms with van der Waals surface area (Å²) in [5, 5.41) is 19.3. The molecule has 0 aromatic heterocycles. The average molecular weight is 460 g/mol. The van der Waals surface area contributed by atoms with E-state index in [0.29, 0.717) is 29.5 Å². The van der Waals surface area contributed by atoms with Crippen LogP contribution in [0, 0.1) is 0 Å². The van der Waals surface area contributed by atoms with Crippen LogP contribution in [0.3, 0.4) is 0 Å². The minimum absolute atomic E-state index is 0.261. The van der Waals surface area contributed by atoms with E-state index >= 15 is 0 Å². The number of rotatable bonds is 10. The molecule has 8 heteroatoms. The summed E-state index contributed by atoms with van der Waals surface area (Å²) < 4.78 is 0. The maximum Gasteiger partial charge on any atom is 0.326 e. The predicted octanol–water partition coefficient (Wildman–Crippen LogP) is 3.36. The first kappa shape index (κ1) is 23.5. The number of anilines is 1. The monoisotopic (exact) mass is 459 g/mol. The highest BCUT2D eigenvalue weighted by atomic mass is 32.2. The number of carboxylic acids is 1. The van der Waals surface area contributed by atoms with Crippen LogP contribution >= 0.6 is 24.4 Å². The van der Waals surface area contributed by atoms with Crippen molar-refractivity contribution in [3.8, 4) is 11.1 Å². The molecule has 1 amide bonds. The van der Waals surface area contributed by atoms with Crippen molar-refractivity contribution >= 4 is 42.0 Å². The van der Waals surface area contributed by atoms with E-state index in [9.17, 15) is 14.7 Å². The summed E-state index contributed by atoms with van der Waals surface area (Å²) in [5.41, 5.74) is 2.94. The molecule has 0 bridgehead atoms. The van der Waals surface area contributed by atoms with Crippen molar-refractivity contribution in [1.29, 1.82) is 0 Å². The van der Waals surface area contributed by atoms with E-state index < -0.39 is 12.0 Å². The van der Waals surface area contributed by atoms with Crippen molar-refractivity contribution in [3.63, 3.8) is 0 Å². The van der Waals surface area contributed by atoms with Gasteiger partial charge in [0.05, 0.1) is 0 Å². The number of carbonyl (C=O) groups is 2. The molecule has 1 aliphatic heterocycles. The molecule has 1 aliphatic rings. The third-order valence-electron chi connectivity index (χ3n) is 5.40. The first-order valence-corrected chi connectivity index (χ1v) is 12.3. The Morgan fingerprint density at radius 3 is 2.68 bits per heavy atom. The Morgan fingerprint density at radius 1 is 1.26 bits per heavy atom. The van der Waals surface area contributed by atoms with Gasteiger partial charge in [-0.3, -0.25) is 4.79 Å². The molecule has 2 aromatic carbocycles. The van der Waals surface area contributed by atoms with Gasteiger partial charge in [-0.1, -0.05) is 36.4 Å². The van der Waals surface area contributed by atoms with Crippen LogP contribution in [0.2, 0.25) is 0 Å². The molecule has 3 atom stereocenters. The molecule has 4 N–H and O–H groups in total. The summed E-state index contributed by atoms with van der Waals surface area (Å²) in [6, 6.07) is 14.6. The van der Waals surface area contributed by atoms with Gasteiger partial charge in [0, 0.05) is 29.1 Å². The maximum absolute atomic E-state index is 13.1. The molecular weight excluding hydrogens is 430 g/mol. The average Bonchev–Trinajstić information content (AvgIpc) is 3.20. The number of benzene rings is 2. The van der Waals surface area contributed by atoms with Gasteiger partial charge >= 0.3 is 5.97 Å². The van der Waals surface area contributed by atoms with E-state index in [1.54, 1.807) is 17.8 Å². The second kappa shape index (κ2) is 11.5. The van der Waals surface area contributed by atoms with Crippen LogP contribution in [-0.2, 0) is 4.79 Å². The third-order valence-corrected chi connectivity index (χ3v) is 6.66. The quantitative estimate of drug-likeness (QED) is 0.350. The van der Waals surface area contributed by atoms with Crippen molar-refractivity contribution in [2.45, 2.75) is 30.2 Å². The van der Waals surface area contributed by atoms with E-state index in [2.05, 4.69) is 28.6 Å². The predicted molar refractivity (Wildman–Crippen MR) is 131 cm³/mol. The number of nitrogens with one attached hydrogen (secondary N) is 3. The lowest BCUT2D eigenvalue weighted by Gasteiger charge is -2.19. The van der Waals surface area contributed by atoms with E-state index in [0.717, 1.165) is 29.8 Å². The second-order valence-corrected chi connectivity index (χ2v) is 9.22. The largest absolute Gasteiger partial charge is 0.480 e. The molecule has 0 aliphatic carbocycles. The summed E-state index contributed by atoms with van der Waals surface area (Å²) in [6.45, 7) is 1.65. The van der Waals surface area contributed by atoms with E-state index in [-0.39, 0.29) is 11.9 Å². The summed E-state index contributed by atoms with van der Waals surface area (Å²) in [7, 11) is 0. The zero-order chi connectivity index (χ0) is 22.2. The fourth-order valence-electron chi connectivity index (χ4n) is 3.63. The summed E-state index contributed by atoms with van der Waals surface area (Å²) >= 11 is 6.17. The summed E-state index contributed by atoms with van der Waals surface area (Å²) in [6.07, 6.45) is 3.32. The highest BCUT2D eigenvalue weighted by Gasteiger charge is 2.24. The van der Waals surface area contributed by atoms with Crippen LogP contribution in [0.4, 0.5) is 5.69 Å². The molecular formula is C23H29N3O3S2. The molecule has 0 saturated carbocycles. The van der Waals surface area contributed by atoms with Gasteiger partial charge in [0.2, 0.25) is 0 Å². The Hall–Kier alpha value is -2.16. The Labute approximate surface area is 193 Å². The lowest BCUT2D eigenvalue weighted by molar-refractivity contribution is -0.139. The van der Waals surface area contributed by atoms with Gasteiger partial charge in [-0.2, -0.15) is 24.4 Å². The van der Waals surface area contributed by atoms with Gasteiger partial charge in [0.15, 0.2) is 0 Å². The number of thioether (sulfide) groups is 1. The van der Waals surface area contributed by atoms with Gasteiger partial charge in [-0.15, -0.1) is 0 Å². The van der Waals surface area contributed by atoms with Crippen LogP contribution < -0.4 is 16.0 Å². The number of hydrogen-bond donors (Lipinski definition) is 5. The number of aliphatic carboxylic acids is 1. The van der Waals surface area contributed by atoms with E-state index in [4.69, 9.17) is 0 Å². The van der Waals surface area contributed by atoms with Gasteiger partial charge < -0.3 is 21.1 Å². The molecule has 3 rings (SSSR count). The molecule has 31 heavy (non-hydrogen) atoms. The fraction of sp³-hybridized carbons (Fsp3) is 0.391. The molecule has 1 fully saturated rings. The number of hydrogen-bond acceptors (Lipinski definition) is 6. The van der Waals surface area contributed by atoms with Crippen LogP contribution in [-0.4, -0.2) is 59.4 Å². The van der Waals surface area contributed by atoms with Gasteiger partial charge in [0.25, 0.3) is 5.91 Å². The zero-order valence-corrected chi connectivity index (χ0v) is 19.2. The highest BCUT2D eigenvalue weighted by Crippen LogP contribution is 2.27. The van der Waals surface area contributed by atoms with Crippen molar-refractivity contribution in [1.82, 2.24) is 10.6 Å². The van der Waals surface area contributed by atoms with Gasteiger partial charge in [0.1, 0.15) is 6.04 Å². The first-order valence-electron chi connectivity index (χ1n) is 10.4. The Bertz CT molecular complexity index is 895. The number of amides is 1. The van der Waals surface area contributed by atoms with Crippen molar-refractivity contribution in [2.24, 2.45) is 0 Å². The molecule has 1 saturated heterocycles. The first-order chi connectivity index (χ1) is 15.0. The van der Waals surface area contributed by atoms with Crippen LogP contribution in [0.15, 0.2) is 48.5 Å². The normalized spacial score (nSPS) is 19.0. The topological polar surface area (TPSA) is 90.5 Å². The van der Waals surface area contributed by atoms with Crippen LogP contribution in [0.1, 0.15) is 23.2 Å². The highest BCUT2D eigenvalue weighted by molar-refractivity contribution is 7.98. The maximum atomic E-state index is 13.1. The summed E-state index contributed by atoms with van der Waals surface area (Å²) in [5.74, 6) is -0.754. The smallest absolute Gasteiger partial charge is 0.326 e. The third kappa shape index (κ3) is 6.41. The zero-order valence-electron chi connectivity index (χ0n) is 17.5. The van der Waals surface area contributed by atoms with Gasteiger partial charge in [-0.05, 0) is 54.7 Å². The van der Waals surface area contributed by atoms with Crippen LogP contribution in [0.5, 0.6) is 0 Å². The second-order valence-electron chi connectivity index (χ2n) is 7.57. The van der Waals surface area contributed by atoms with Crippen molar-refractivity contribution in [2.75, 3.05) is 30.4 Å². The minimum Gasteiger partial charge on any atom is -0.480 e. The number of thiol groups is 1. The SMILES string of the molecule is CSCC[C@H](NC(=O)c1cc(NC[C@H]2NCC[C@@H]2S)ccc1-c1ccccc1)C(=O)O. The standard InChI is InChI=1S/C23H29N3O3S2/c1-31-12-10-19(23(28)29)26-22(27)18-13-16(25-14-20-21(30)9-11-24-20)7-8-17(18)15-5-3-2-4-6-15/h2-8,13,19-21,24-25,30H,9-12,14H2,1H3,(H,26,27)(H,28,29)/t19-,20+,21-/m0/s1. The molecule has 1 heterocycles. The Morgan fingerprint density at radius 2 is 2.03 bits per heavy atom. The molecule has 0 radical (unpaired) electrons. The lowest BCUT2D eigenvalue weighted by Crippen LogP contribution is -2.41. The van der Waals surface area contributed by atoms with Gasteiger partial charge in [-0.25, -0.2) is 4.79 Å². The van der Waals surface area contributed by atoms with Crippen LogP contribution in [0.25, 0.3) is 11.1 Å². The van der Waals surface area contributed by atoms with E-state index in [1.807, 2.05) is 48.7 Å². The Kier molecular flexibility index (Phi) is 8.69. The minimum atomic E-state index is -1.02. The Balaban J connectivity index is 1.84. The number of carboxylic acid groups (broad SMARTS) is 1. The molecule has 166 valence electrons. The van der Waals surface area contributed by atoms with Crippen molar-refractivity contribution < 1.29 is 14.7 Å². The van der Waals surface area contributed by atoms with Crippen molar-refractivity contribution in [3.05, 3.63) is 54.1 Å². The summed E-state index contributed by atoms with van der Waals surface area (Å²) in [4.78, 5) is 24.8. The lowest BCUT2D eigenvalue weighted by atomic mass is 9.98. The molecule has 0 spiro atoms. The fourth-order valence-corrected chi connectivity index (χ4v) is 4.44. The van der Waals surface area contributed by atoms with E-state index in [1.165, 1.54) is 0 Å². The molecule has 6 nitrogen and oxygen atoms in total. The molecule has 2 aromatic rings.